The van der Waals surface area contributed by atoms with Gasteiger partial charge in [-0.2, -0.15) is 15.0 Å². The fourth-order valence-electron chi connectivity index (χ4n) is 2.55. The summed E-state index contributed by atoms with van der Waals surface area (Å²) >= 11 is 0. The Balaban J connectivity index is 1.64. The normalized spacial score (nSPS) is 21.2. The molecule has 0 saturated carbocycles. The van der Waals surface area contributed by atoms with E-state index in [0.717, 1.165) is 17.8 Å². The molecular formula is C16H21N5O2. The number of hydrogen-bond donors (Lipinski definition) is 1. The summed E-state index contributed by atoms with van der Waals surface area (Å²) in [4.78, 5) is 15.7. The third-order valence-corrected chi connectivity index (χ3v) is 4.14. The Morgan fingerprint density at radius 1 is 1.30 bits per heavy atom. The second-order valence-electron chi connectivity index (χ2n) is 5.87. The van der Waals surface area contributed by atoms with E-state index in [1.807, 2.05) is 31.2 Å². The Hall–Kier alpha value is -2.41. The first-order valence-electron chi connectivity index (χ1n) is 7.76. The SMILES string of the molecule is CCC1(C)CN(C(=O)Nc2ccc(-n3nccn3)cc2)CCO1. The highest BCUT2D eigenvalue weighted by atomic mass is 16.5. The topological polar surface area (TPSA) is 72.3 Å². The lowest BCUT2D eigenvalue weighted by Crippen LogP contribution is -2.53. The number of ether oxygens (including phenoxy) is 1. The van der Waals surface area contributed by atoms with Crippen LogP contribution in [0.4, 0.5) is 10.5 Å². The molecule has 1 N–H and O–H groups in total. The predicted octanol–water partition coefficient (Wildman–Crippen LogP) is 2.30. The molecular weight excluding hydrogens is 294 g/mol. The molecule has 1 aliphatic heterocycles. The van der Waals surface area contributed by atoms with Crippen LogP contribution in [0.2, 0.25) is 0 Å². The molecule has 0 radical (unpaired) electrons. The molecule has 2 aromatic rings. The van der Waals surface area contributed by atoms with Crippen molar-refractivity contribution in [3.63, 3.8) is 0 Å². The third kappa shape index (κ3) is 3.50. The molecule has 7 heteroatoms. The van der Waals surface area contributed by atoms with Crippen LogP contribution < -0.4 is 5.32 Å². The Kier molecular flexibility index (Phi) is 4.29. The number of amides is 2. The quantitative estimate of drug-likeness (QED) is 0.943. The van der Waals surface area contributed by atoms with Gasteiger partial charge in [-0.25, -0.2) is 4.79 Å². The van der Waals surface area contributed by atoms with Gasteiger partial charge in [-0.15, -0.1) is 0 Å². The van der Waals surface area contributed by atoms with Crippen molar-refractivity contribution in [3.8, 4) is 5.69 Å². The number of benzene rings is 1. The molecule has 1 aromatic carbocycles. The molecule has 0 spiro atoms. The lowest BCUT2D eigenvalue weighted by atomic mass is 10.0. The van der Waals surface area contributed by atoms with E-state index in [-0.39, 0.29) is 11.6 Å². The largest absolute Gasteiger partial charge is 0.372 e. The van der Waals surface area contributed by atoms with Crippen LogP contribution in [0.1, 0.15) is 20.3 Å². The molecule has 1 aromatic heterocycles. The summed E-state index contributed by atoms with van der Waals surface area (Å²) in [5.41, 5.74) is 1.33. The number of anilines is 1. The molecule has 1 atom stereocenters. The Bertz CT molecular complexity index is 656. The van der Waals surface area contributed by atoms with Crippen molar-refractivity contribution in [2.45, 2.75) is 25.9 Å². The standard InChI is InChI=1S/C16H21N5O2/c1-3-16(2)12-20(10-11-23-16)15(22)19-13-4-6-14(7-5-13)21-17-8-9-18-21/h4-9H,3,10-12H2,1-2H3,(H,19,22). The first-order valence-corrected chi connectivity index (χ1v) is 7.76. The number of hydrogen-bond acceptors (Lipinski definition) is 4. The van der Waals surface area contributed by atoms with E-state index >= 15 is 0 Å². The van der Waals surface area contributed by atoms with Crippen molar-refractivity contribution in [1.29, 1.82) is 0 Å². The first kappa shape index (κ1) is 15.5. The lowest BCUT2D eigenvalue weighted by molar-refractivity contribution is -0.0860. The molecule has 23 heavy (non-hydrogen) atoms. The fourth-order valence-corrected chi connectivity index (χ4v) is 2.55. The van der Waals surface area contributed by atoms with Crippen LogP contribution >= 0.6 is 0 Å². The summed E-state index contributed by atoms with van der Waals surface area (Å²) in [6.45, 7) is 5.89. The van der Waals surface area contributed by atoms with E-state index in [4.69, 9.17) is 4.74 Å². The highest BCUT2D eigenvalue weighted by Gasteiger charge is 2.32. The van der Waals surface area contributed by atoms with Crippen molar-refractivity contribution in [2.24, 2.45) is 0 Å². The van der Waals surface area contributed by atoms with Gasteiger partial charge in [0.2, 0.25) is 0 Å². The van der Waals surface area contributed by atoms with E-state index < -0.39 is 0 Å². The van der Waals surface area contributed by atoms with Crippen LogP contribution in [0.15, 0.2) is 36.7 Å². The fraction of sp³-hybridized carbons (Fsp3) is 0.438. The second kappa shape index (κ2) is 6.37. The zero-order chi connectivity index (χ0) is 16.3. The molecule has 0 aliphatic carbocycles. The number of rotatable bonds is 3. The minimum Gasteiger partial charge on any atom is -0.372 e. The maximum atomic E-state index is 12.4. The number of aromatic nitrogens is 3. The van der Waals surface area contributed by atoms with Crippen LogP contribution in [0, 0.1) is 0 Å². The number of carbonyl (C=O) groups excluding carboxylic acids is 1. The van der Waals surface area contributed by atoms with Crippen LogP contribution in [0.5, 0.6) is 0 Å². The van der Waals surface area contributed by atoms with Gasteiger partial charge in [0.05, 0.1) is 36.8 Å². The van der Waals surface area contributed by atoms with Crippen molar-refractivity contribution < 1.29 is 9.53 Å². The van der Waals surface area contributed by atoms with E-state index in [0.29, 0.717) is 19.7 Å². The molecule has 122 valence electrons. The molecule has 1 saturated heterocycles. The van der Waals surface area contributed by atoms with Gasteiger partial charge >= 0.3 is 6.03 Å². The zero-order valence-electron chi connectivity index (χ0n) is 13.4. The van der Waals surface area contributed by atoms with Gasteiger partial charge in [-0.3, -0.25) is 0 Å². The van der Waals surface area contributed by atoms with E-state index in [1.165, 1.54) is 4.80 Å². The van der Waals surface area contributed by atoms with Crippen molar-refractivity contribution in [3.05, 3.63) is 36.7 Å². The highest BCUT2D eigenvalue weighted by molar-refractivity contribution is 5.89. The summed E-state index contributed by atoms with van der Waals surface area (Å²) in [5, 5.41) is 11.1. The van der Waals surface area contributed by atoms with E-state index in [9.17, 15) is 4.79 Å². The van der Waals surface area contributed by atoms with Gasteiger partial charge in [-0.05, 0) is 37.6 Å². The maximum absolute atomic E-state index is 12.4. The Labute approximate surface area is 135 Å². The molecule has 7 nitrogen and oxygen atoms in total. The van der Waals surface area contributed by atoms with Gasteiger partial charge < -0.3 is 15.0 Å². The monoisotopic (exact) mass is 315 g/mol. The molecule has 1 aliphatic rings. The maximum Gasteiger partial charge on any atom is 0.322 e. The lowest BCUT2D eigenvalue weighted by Gasteiger charge is -2.39. The smallest absolute Gasteiger partial charge is 0.322 e. The van der Waals surface area contributed by atoms with E-state index in [2.05, 4.69) is 22.4 Å². The third-order valence-electron chi connectivity index (χ3n) is 4.14. The summed E-state index contributed by atoms with van der Waals surface area (Å²) in [6, 6.07) is 7.32. The summed E-state index contributed by atoms with van der Waals surface area (Å²) < 4.78 is 5.76. The van der Waals surface area contributed by atoms with Crippen molar-refractivity contribution in [1.82, 2.24) is 19.9 Å². The number of urea groups is 1. The van der Waals surface area contributed by atoms with Gasteiger partial charge in [0.15, 0.2) is 0 Å². The molecule has 0 bridgehead atoms. The summed E-state index contributed by atoms with van der Waals surface area (Å²) in [5.74, 6) is 0. The predicted molar refractivity (Wildman–Crippen MR) is 86.6 cm³/mol. The average molecular weight is 315 g/mol. The van der Waals surface area contributed by atoms with Crippen molar-refractivity contribution >= 4 is 11.7 Å². The molecule has 1 unspecified atom stereocenters. The van der Waals surface area contributed by atoms with Crippen LogP contribution in [-0.4, -0.2) is 51.2 Å². The minimum atomic E-state index is -0.259. The molecule has 3 rings (SSSR count). The highest BCUT2D eigenvalue weighted by Crippen LogP contribution is 2.22. The summed E-state index contributed by atoms with van der Waals surface area (Å²) in [6.07, 6.45) is 4.13. The average Bonchev–Trinajstić information content (AvgIpc) is 3.10. The molecule has 2 amide bonds. The van der Waals surface area contributed by atoms with Crippen LogP contribution in [0.25, 0.3) is 5.69 Å². The van der Waals surface area contributed by atoms with Crippen LogP contribution in [0.3, 0.4) is 0 Å². The zero-order valence-corrected chi connectivity index (χ0v) is 13.4. The molecule has 1 fully saturated rings. The number of morpholine rings is 1. The first-order chi connectivity index (χ1) is 11.1. The van der Waals surface area contributed by atoms with Gasteiger partial charge in [0.25, 0.3) is 0 Å². The molecule has 2 heterocycles. The Morgan fingerprint density at radius 3 is 2.65 bits per heavy atom. The second-order valence-corrected chi connectivity index (χ2v) is 5.87. The van der Waals surface area contributed by atoms with Gasteiger partial charge in [0, 0.05) is 12.2 Å². The van der Waals surface area contributed by atoms with E-state index in [1.54, 1.807) is 17.3 Å². The van der Waals surface area contributed by atoms with Gasteiger partial charge in [-0.1, -0.05) is 6.92 Å². The van der Waals surface area contributed by atoms with Crippen LogP contribution in [-0.2, 0) is 4.74 Å². The minimum absolute atomic E-state index is 0.0991. The number of nitrogens with zero attached hydrogens (tertiary/aromatic N) is 4. The van der Waals surface area contributed by atoms with Gasteiger partial charge in [0.1, 0.15) is 0 Å². The number of nitrogens with one attached hydrogen (secondary N) is 1. The van der Waals surface area contributed by atoms with Crippen molar-refractivity contribution in [2.75, 3.05) is 25.0 Å². The number of carbonyl (C=O) groups is 1. The Morgan fingerprint density at radius 2 is 2.00 bits per heavy atom. The summed E-state index contributed by atoms with van der Waals surface area (Å²) in [7, 11) is 0.